The lowest BCUT2D eigenvalue weighted by atomic mass is 9.83. The highest BCUT2D eigenvalue weighted by atomic mass is 16.2. The third-order valence-electron chi connectivity index (χ3n) is 6.67. The molecule has 3 aliphatic rings. The summed E-state index contributed by atoms with van der Waals surface area (Å²) < 4.78 is 1.96. The topological polar surface area (TPSA) is 87.5 Å². The van der Waals surface area contributed by atoms with Gasteiger partial charge in [0.05, 0.1) is 6.54 Å². The minimum absolute atomic E-state index is 0.0175. The van der Waals surface area contributed by atoms with Gasteiger partial charge in [0.25, 0.3) is 5.56 Å². The molecule has 1 N–H and O–H groups in total. The van der Waals surface area contributed by atoms with E-state index in [1.807, 2.05) is 27.7 Å². The van der Waals surface area contributed by atoms with Gasteiger partial charge in [-0.2, -0.15) is 0 Å². The molecular formula is C23H27N5O3. The maximum atomic E-state index is 13.2. The standard InChI is InChI=1S/C23H27N5O3/c1-15(29)17-3-5-21(25-9-17)27-10-16-8-19(13-27)20-4-2-18(23(31)28(20)11-16)12-26-7-6-24-22(30)14-26/h2-5,9,16,19H,6-8,10-14H2,1H3,(H,24,30)/t16-,19+/m0/s1. The number of hydrogen-bond acceptors (Lipinski definition) is 6. The molecule has 0 spiro atoms. The lowest BCUT2D eigenvalue weighted by molar-refractivity contribution is -0.124. The normalized spacial score (nSPS) is 23.3. The van der Waals surface area contributed by atoms with Crippen LogP contribution in [0.4, 0.5) is 5.82 Å². The molecule has 5 rings (SSSR count). The molecule has 0 aromatic carbocycles. The summed E-state index contributed by atoms with van der Waals surface area (Å²) in [5.74, 6) is 1.58. The Balaban J connectivity index is 1.36. The van der Waals surface area contributed by atoms with Crippen LogP contribution < -0.4 is 15.8 Å². The van der Waals surface area contributed by atoms with Gasteiger partial charge in [-0.25, -0.2) is 4.98 Å². The van der Waals surface area contributed by atoms with E-state index >= 15 is 0 Å². The number of amides is 1. The highest BCUT2D eigenvalue weighted by Gasteiger charge is 2.35. The third-order valence-corrected chi connectivity index (χ3v) is 6.67. The van der Waals surface area contributed by atoms with E-state index < -0.39 is 0 Å². The number of fused-ring (bicyclic) bond motifs is 4. The number of carbonyl (C=O) groups is 2. The molecule has 0 unspecified atom stereocenters. The van der Waals surface area contributed by atoms with E-state index in [0.29, 0.717) is 37.7 Å². The van der Waals surface area contributed by atoms with Crippen molar-refractivity contribution in [2.24, 2.45) is 5.92 Å². The Hall–Kier alpha value is -3.00. The van der Waals surface area contributed by atoms with E-state index in [4.69, 9.17) is 0 Å². The van der Waals surface area contributed by atoms with Crippen LogP contribution >= 0.6 is 0 Å². The van der Waals surface area contributed by atoms with Crippen LogP contribution in [0.25, 0.3) is 0 Å². The minimum Gasteiger partial charge on any atom is -0.356 e. The quantitative estimate of drug-likeness (QED) is 0.742. The first-order chi connectivity index (χ1) is 15.0. The van der Waals surface area contributed by atoms with Gasteiger partial charge in [-0.1, -0.05) is 6.07 Å². The van der Waals surface area contributed by atoms with Crippen LogP contribution in [-0.4, -0.2) is 58.9 Å². The summed E-state index contributed by atoms with van der Waals surface area (Å²) in [6.45, 7) is 6.18. The van der Waals surface area contributed by atoms with E-state index in [1.54, 1.807) is 13.1 Å². The second-order valence-corrected chi connectivity index (χ2v) is 8.92. The van der Waals surface area contributed by atoms with Gasteiger partial charge in [0, 0.05) is 68.2 Å². The summed E-state index contributed by atoms with van der Waals surface area (Å²) in [5, 5.41) is 2.82. The van der Waals surface area contributed by atoms with E-state index in [1.165, 1.54) is 0 Å². The molecule has 1 amide bonds. The molecule has 0 radical (unpaired) electrons. The Kier molecular flexibility index (Phi) is 5.09. The average Bonchev–Trinajstić information content (AvgIpc) is 2.76. The van der Waals surface area contributed by atoms with Gasteiger partial charge in [-0.3, -0.25) is 19.3 Å². The predicted octanol–water partition coefficient (Wildman–Crippen LogP) is 1.00. The molecule has 0 aliphatic carbocycles. The second kappa shape index (κ2) is 7.92. The van der Waals surface area contributed by atoms with Crippen molar-refractivity contribution in [1.82, 2.24) is 19.8 Å². The molecule has 2 fully saturated rings. The zero-order valence-electron chi connectivity index (χ0n) is 17.7. The number of nitrogens with one attached hydrogen (secondary N) is 1. The molecular weight excluding hydrogens is 394 g/mol. The molecule has 2 bridgehead atoms. The monoisotopic (exact) mass is 421 g/mol. The van der Waals surface area contributed by atoms with Crippen molar-refractivity contribution in [2.45, 2.75) is 32.4 Å². The molecule has 31 heavy (non-hydrogen) atoms. The molecule has 2 aromatic rings. The van der Waals surface area contributed by atoms with E-state index in [-0.39, 0.29) is 23.2 Å². The van der Waals surface area contributed by atoms with Crippen molar-refractivity contribution in [3.63, 3.8) is 0 Å². The third kappa shape index (κ3) is 3.87. The maximum Gasteiger partial charge on any atom is 0.255 e. The van der Waals surface area contributed by atoms with Gasteiger partial charge < -0.3 is 14.8 Å². The molecule has 3 aliphatic heterocycles. The molecule has 0 saturated carbocycles. The number of hydrogen-bond donors (Lipinski definition) is 1. The number of aromatic nitrogens is 2. The van der Waals surface area contributed by atoms with Crippen LogP contribution in [0.2, 0.25) is 0 Å². The highest BCUT2D eigenvalue weighted by Crippen LogP contribution is 2.36. The Bertz CT molecular complexity index is 1080. The Morgan fingerprint density at radius 1 is 1.16 bits per heavy atom. The van der Waals surface area contributed by atoms with Gasteiger partial charge >= 0.3 is 0 Å². The molecule has 162 valence electrons. The number of Topliss-reactive ketones (excluding diaryl/α,β-unsaturated/α-hetero) is 1. The first-order valence-corrected chi connectivity index (χ1v) is 10.9. The Morgan fingerprint density at radius 2 is 2.03 bits per heavy atom. The highest BCUT2D eigenvalue weighted by molar-refractivity contribution is 5.93. The van der Waals surface area contributed by atoms with Crippen LogP contribution in [-0.2, 0) is 17.9 Å². The van der Waals surface area contributed by atoms with Gasteiger partial charge in [0.15, 0.2) is 5.78 Å². The molecule has 2 aromatic heterocycles. The van der Waals surface area contributed by atoms with E-state index in [9.17, 15) is 14.4 Å². The number of anilines is 1. The largest absolute Gasteiger partial charge is 0.356 e. The zero-order valence-corrected chi connectivity index (χ0v) is 17.7. The number of carbonyl (C=O) groups excluding carboxylic acids is 2. The van der Waals surface area contributed by atoms with Crippen LogP contribution in [0.15, 0.2) is 35.3 Å². The van der Waals surface area contributed by atoms with E-state index in [0.717, 1.165) is 43.1 Å². The van der Waals surface area contributed by atoms with Gasteiger partial charge in [0.1, 0.15) is 5.82 Å². The maximum absolute atomic E-state index is 13.2. The summed E-state index contributed by atoms with van der Waals surface area (Å²) in [4.78, 5) is 45.2. The summed E-state index contributed by atoms with van der Waals surface area (Å²) >= 11 is 0. The average molecular weight is 422 g/mol. The fourth-order valence-corrected chi connectivity index (χ4v) is 5.15. The summed E-state index contributed by atoms with van der Waals surface area (Å²) in [6, 6.07) is 7.79. The number of pyridine rings is 2. The van der Waals surface area contributed by atoms with Crippen molar-refractivity contribution >= 4 is 17.5 Å². The van der Waals surface area contributed by atoms with Crippen molar-refractivity contribution in [3.05, 3.63) is 57.6 Å². The number of nitrogens with zero attached hydrogens (tertiary/aromatic N) is 4. The molecule has 2 saturated heterocycles. The van der Waals surface area contributed by atoms with Gasteiger partial charge in [0.2, 0.25) is 5.91 Å². The fraction of sp³-hybridized carbons (Fsp3) is 0.478. The number of piperidine rings is 1. The van der Waals surface area contributed by atoms with Crippen molar-refractivity contribution in [3.8, 4) is 0 Å². The first kappa shape index (κ1) is 19.9. The fourth-order valence-electron chi connectivity index (χ4n) is 5.15. The second-order valence-electron chi connectivity index (χ2n) is 8.92. The Labute approximate surface area is 180 Å². The molecule has 5 heterocycles. The summed E-state index contributed by atoms with van der Waals surface area (Å²) in [7, 11) is 0. The van der Waals surface area contributed by atoms with Crippen molar-refractivity contribution in [2.75, 3.05) is 37.6 Å². The van der Waals surface area contributed by atoms with Gasteiger partial charge in [-0.15, -0.1) is 0 Å². The molecule has 8 nitrogen and oxygen atoms in total. The summed E-state index contributed by atoms with van der Waals surface area (Å²) in [5.41, 5.74) is 2.55. The lowest BCUT2D eigenvalue weighted by Gasteiger charge is -2.43. The van der Waals surface area contributed by atoms with Crippen LogP contribution in [0.1, 0.15) is 40.9 Å². The molecule has 8 heteroatoms. The van der Waals surface area contributed by atoms with Gasteiger partial charge in [-0.05, 0) is 37.5 Å². The zero-order chi connectivity index (χ0) is 21.5. The predicted molar refractivity (Wildman–Crippen MR) is 116 cm³/mol. The minimum atomic E-state index is 0.0175. The van der Waals surface area contributed by atoms with Crippen molar-refractivity contribution < 1.29 is 9.59 Å². The number of ketones is 1. The van der Waals surface area contributed by atoms with E-state index in [2.05, 4.69) is 21.3 Å². The number of rotatable bonds is 4. The Morgan fingerprint density at radius 3 is 2.77 bits per heavy atom. The SMILES string of the molecule is CC(=O)c1ccc(N2C[C@@H]3C[C@H](C2)c2ccc(CN4CCNC(=O)C4)c(=O)n2C3)nc1. The van der Waals surface area contributed by atoms with Crippen LogP contribution in [0, 0.1) is 5.92 Å². The van der Waals surface area contributed by atoms with Crippen molar-refractivity contribution in [1.29, 1.82) is 0 Å². The van der Waals surface area contributed by atoms with Crippen LogP contribution in [0.3, 0.4) is 0 Å². The lowest BCUT2D eigenvalue weighted by Crippen LogP contribution is -2.49. The number of piperazine rings is 1. The smallest absolute Gasteiger partial charge is 0.255 e. The first-order valence-electron chi connectivity index (χ1n) is 10.9. The summed E-state index contributed by atoms with van der Waals surface area (Å²) in [6.07, 6.45) is 2.72. The molecule has 2 atom stereocenters. The van der Waals surface area contributed by atoms with Crippen LogP contribution in [0.5, 0.6) is 0 Å².